The Bertz CT molecular complexity index is 737. The van der Waals surface area contributed by atoms with Crippen LogP contribution in [0, 0.1) is 6.92 Å². The van der Waals surface area contributed by atoms with Crippen LogP contribution in [0.3, 0.4) is 0 Å². The van der Waals surface area contributed by atoms with E-state index in [1.54, 1.807) is 14.2 Å². The van der Waals surface area contributed by atoms with E-state index in [0.717, 1.165) is 16.8 Å². The van der Waals surface area contributed by atoms with Crippen molar-refractivity contribution in [3.63, 3.8) is 0 Å². The van der Waals surface area contributed by atoms with Crippen molar-refractivity contribution in [2.45, 2.75) is 19.9 Å². The van der Waals surface area contributed by atoms with Crippen LogP contribution < -0.4 is 20.1 Å². The van der Waals surface area contributed by atoms with Crippen LogP contribution in [0.25, 0.3) is 0 Å². The topological polar surface area (TPSA) is 42.5 Å². The average molecular weight is 365 g/mol. The largest absolute Gasteiger partial charge is 0.493 e. The third-order valence-corrected chi connectivity index (χ3v) is 4.31. The number of aryl methyl sites for hydroxylation is 1. The second-order valence-corrected chi connectivity index (χ2v) is 6.21. The number of benzene rings is 2. The number of rotatable bonds is 5. The average Bonchev–Trinajstić information content (AvgIpc) is 2.57. The quantitative estimate of drug-likeness (QED) is 0.752. The molecule has 0 aromatic heterocycles. The summed E-state index contributed by atoms with van der Waals surface area (Å²) >= 11 is 11.5. The normalized spacial score (nSPS) is 11.5. The fourth-order valence-electron chi connectivity index (χ4n) is 2.24. The molecule has 6 heteroatoms. The van der Waals surface area contributed by atoms with Gasteiger partial charge >= 0.3 is 0 Å². The highest BCUT2D eigenvalue weighted by molar-refractivity contribution is 7.80. The third-order valence-electron chi connectivity index (χ3n) is 3.68. The standard InChI is InChI=1S/C18H21ClN2O2S/c1-11-5-7-14(10-15(11)19)21-18(24)20-12(2)13-6-8-16(22-3)17(9-13)23-4/h5-10,12H,1-4H3,(H2,20,21,24). The van der Waals surface area contributed by atoms with Crippen LogP contribution in [0.2, 0.25) is 5.02 Å². The van der Waals surface area contributed by atoms with Crippen molar-refractivity contribution in [3.8, 4) is 11.5 Å². The Morgan fingerprint density at radius 3 is 2.42 bits per heavy atom. The summed E-state index contributed by atoms with van der Waals surface area (Å²) in [5.41, 5.74) is 2.92. The summed E-state index contributed by atoms with van der Waals surface area (Å²) in [5, 5.41) is 7.62. The van der Waals surface area contributed by atoms with Crippen molar-refractivity contribution in [1.29, 1.82) is 0 Å². The van der Waals surface area contributed by atoms with Gasteiger partial charge in [-0.1, -0.05) is 23.7 Å². The Kier molecular flexibility index (Phi) is 6.29. The zero-order valence-corrected chi connectivity index (χ0v) is 15.7. The summed E-state index contributed by atoms with van der Waals surface area (Å²) in [4.78, 5) is 0. The van der Waals surface area contributed by atoms with Gasteiger partial charge in [-0.2, -0.15) is 0 Å². The Morgan fingerprint density at radius 1 is 1.08 bits per heavy atom. The van der Waals surface area contributed by atoms with E-state index in [2.05, 4.69) is 10.6 Å². The maximum Gasteiger partial charge on any atom is 0.171 e. The van der Waals surface area contributed by atoms with Gasteiger partial charge < -0.3 is 20.1 Å². The number of hydrogen-bond acceptors (Lipinski definition) is 3. The minimum absolute atomic E-state index is 0.00530. The highest BCUT2D eigenvalue weighted by Crippen LogP contribution is 2.30. The van der Waals surface area contributed by atoms with Gasteiger partial charge in [-0.3, -0.25) is 0 Å². The molecule has 0 fully saturated rings. The van der Waals surface area contributed by atoms with E-state index >= 15 is 0 Å². The van der Waals surface area contributed by atoms with Crippen LogP contribution in [0.1, 0.15) is 24.1 Å². The Morgan fingerprint density at radius 2 is 1.79 bits per heavy atom. The molecule has 128 valence electrons. The number of halogens is 1. The summed E-state index contributed by atoms with van der Waals surface area (Å²) in [5.74, 6) is 1.39. The van der Waals surface area contributed by atoms with Crippen molar-refractivity contribution < 1.29 is 9.47 Å². The van der Waals surface area contributed by atoms with Gasteiger partial charge in [-0.15, -0.1) is 0 Å². The molecule has 1 atom stereocenters. The van der Waals surface area contributed by atoms with Gasteiger partial charge in [-0.25, -0.2) is 0 Å². The molecule has 1 unspecified atom stereocenters. The predicted molar refractivity (Wildman–Crippen MR) is 104 cm³/mol. The van der Waals surface area contributed by atoms with E-state index in [4.69, 9.17) is 33.3 Å². The zero-order chi connectivity index (χ0) is 17.7. The SMILES string of the molecule is COc1ccc(C(C)NC(=S)Nc2ccc(C)c(Cl)c2)cc1OC. The minimum atomic E-state index is 0.00530. The maximum atomic E-state index is 6.13. The Balaban J connectivity index is 2.04. The van der Waals surface area contributed by atoms with Crippen molar-refractivity contribution in [3.05, 3.63) is 52.5 Å². The fourth-order valence-corrected chi connectivity index (χ4v) is 2.72. The third kappa shape index (κ3) is 4.52. The number of anilines is 1. The molecule has 0 aliphatic heterocycles. The van der Waals surface area contributed by atoms with E-state index in [1.165, 1.54) is 0 Å². The van der Waals surface area contributed by atoms with Crippen LogP contribution in [0.5, 0.6) is 11.5 Å². The molecule has 4 nitrogen and oxygen atoms in total. The van der Waals surface area contributed by atoms with E-state index in [1.807, 2.05) is 50.2 Å². The number of thiocarbonyl (C=S) groups is 1. The molecule has 2 aromatic carbocycles. The van der Waals surface area contributed by atoms with E-state index in [9.17, 15) is 0 Å². The molecule has 0 heterocycles. The first-order chi connectivity index (χ1) is 11.4. The van der Waals surface area contributed by atoms with E-state index < -0.39 is 0 Å². The number of nitrogens with one attached hydrogen (secondary N) is 2. The molecule has 0 aliphatic carbocycles. The van der Waals surface area contributed by atoms with Gasteiger partial charge in [0.05, 0.1) is 20.3 Å². The highest BCUT2D eigenvalue weighted by atomic mass is 35.5. The fraction of sp³-hybridized carbons (Fsp3) is 0.278. The molecule has 0 bridgehead atoms. The summed E-state index contributed by atoms with van der Waals surface area (Å²) in [6.45, 7) is 3.99. The van der Waals surface area contributed by atoms with Gasteiger partial charge in [0.2, 0.25) is 0 Å². The molecule has 0 saturated carbocycles. The Labute approximate surface area is 153 Å². The van der Waals surface area contributed by atoms with Crippen molar-refractivity contribution >= 4 is 34.6 Å². The number of hydrogen-bond donors (Lipinski definition) is 2. The monoisotopic (exact) mass is 364 g/mol. The van der Waals surface area contributed by atoms with Crippen LogP contribution in [-0.2, 0) is 0 Å². The number of methoxy groups -OCH3 is 2. The van der Waals surface area contributed by atoms with E-state index in [-0.39, 0.29) is 6.04 Å². The molecular formula is C18H21ClN2O2S. The molecule has 2 aromatic rings. The van der Waals surface area contributed by atoms with E-state index in [0.29, 0.717) is 21.6 Å². The zero-order valence-electron chi connectivity index (χ0n) is 14.1. The second kappa shape index (κ2) is 8.22. The molecule has 0 radical (unpaired) electrons. The number of ether oxygens (including phenoxy) is 2. The lowest BCUT2D eigenvalue weighted by molar-refractivity contribution is 0.354. The van der Waals surface area contributed by atoms with Crippen LogP contribution in [0.4, 0.5) is 5.69 Å². The van der Waals surface area contributed by atoms with Gasteiger partial charge in [0.25, 0.3) is 0 Å². The van der Waals surface area contributed by atoms with Crippen molar-refractivity contribution in [1.82, 2.24) is 5.32 Å². The maximum absolute atomic E-state index is 6.13. The van der Waals surface area contributed by atoms with Crippen LogP contribution >= 0.6 is 23.8 Å². The molecule has 0 aliphatic rings. The predicted octanol–water partition coefficient (Wildman–Crippen LogP) is 4.71. The van der Waals surface area contributed by atoms with Gasteiger partial charge in [0.1, 0.15) is 0 Å². The van der Waals surface area contributed by atoms with Crippen molar-refractivity contribution in [2.24, 2.45) is 0 Å². The van der Waals surface area contributed by atoms with Crippen molar-refractivity contribution in [2.75, 3.05) is 19.5 Å². The van der Waals surface area contributed by atoms with Gasteiger partial charge in [0.15, 0.2) is 16.6 Å². The molecule has 2 rings (SSSR count). The summed E-state index contributed by atoms with van der Waals surface area (Å²) in [7, 11) is 3.23. The summed E-state index contributed by atoms with van der Waals surface area (Å²) in [6, 6.07) is 11.5. The molecule has 0 saturated heterocycles. The lowest BCUT2D eigenvalue weighted by Gasteiger charge is -2.19. The summed E-state index contributed by atoms with van der Waals surface area (Å²) in [6.07, 6.45) is 0. The molecule has 2 N–H and O–H groups in total. The van der Waals surface area contributed by atoms with Gasteiger partial charge in [0, 0.05) is 10.7 Å². The van der Waals surface area contributed by atoms with Gasteiger partial charge in [-0.05, 0) is 61.5 Å². The first-order valence-corrected chi connectivity index (χ1v) is 8.28. The molecule has 24 heavy (non-hydrogen) atoms. The lowest BCUT2D eigenvalue weighted by atomic mass is 10.1. The van der Waals surface area contributed by atoms with Crippen LogP contribution in [-0.4, -0.2) is 19.3 Å². The molecular weight excluding hydrogens is 344 g/mol. The lowest BCUT2D eigenvalue weighted by Crippen LogP contribution is -2.30. The molecule has 0 spiro atoms. The highest BCUT2D eigenvalue weighted by Gasteiger charge is 2.11. The van der Waals surface area contributed by atoms with Crippen LogP contribution in [0.15, 0.2) is 36.4 Å². The second-order valence-electron chi connectivity index (χ2n) is 5.40. The smallest absolute Gasteiger partial charge is 0.171 e. The minimum Gasteiger partial charge on any atom is -0.493 e. The first-order valence-electron chi connectivity index (χ1n) is 7.50. The summed E-state index contributed by atoms with van der Waals surface area (Å²) < 4.78 is 10.6. The molecule has 0 amide bonds. The Hall–Kier alpha value is -1.98. The first kappa shape index (κ1) is 18.4.